The van der Waals surface area contributed by atoms with E-state index in [1.807, 2.05) is 37.3 Å². The highest BCUT2D eigenvalue weighted by Crippen LogP contribution is 2.29. The maximum Gasteiger partial charge on any atom is 0.268 e. The molecule has 1 N–H and O–H groups in total. The van der Waals surface area contributed by atoms with Gasteiger partial charge in [0.1, 0.15) is 4.88 Å². The number of hydrogen-bond donors (Lipinski definition) is 1. The van der Waals surface area contributed by atoms with Crippen molar-refractivity contribution in [3.8, 4) is 11.3 Å². The molecule has 1 heterocycles. The average Bonchev–Trinajstić information content (AvgIpc) is 3.11. The normalized spacial score (nSPS) is 11.6. The molecule has 8 heteroatoms. The largest absolute Gasteiger partial charge is 0.321 e. The molecule has 152 valence electrons. The van der Waals surface area contributed by atoms with E-state index in [1.165, 1.54) is 27.8 Å². The lowest BCUT2D eigenvalue weighted by Gasteiger charge is -2.18. The lowest BCUT2D eigenvalue weighted by atomic mass is 10.1. The molecule has 0 aliphatic carbocycles. The monoisotopic (exact) mass is 429 g/mol. The second-order valence-corrected chi connectivity index (χ2v) is 9.49. The van der Waals surface area contributed by atoms with Gasteiger partial charge >= 0.3 is 0 Å². The summed E-state index contributed by atoms with van der Waals surface area (Å²) in [6, 6.07) is 15.8. The Morgan fingerprint density at radius 3 is 2.41 bits per heavy atom. The van der Waals surface area contributed by atoms with Crippen LogP contribution in [0, 0.1) is 6.92 Å². The number of thiazole rings is 1. The van der Waals surface area contributed by atoms with Crippen LogP contribution >= 0.6 is 11.3 Å². The molecule has 0 radical (unpaired) electrons. The predicted molar refractivity (Wildman–Crippen MR) is 117 cm³/mol. The summed E-state index contributed by atoms with van der Waals surface area (Å²) in [5, 5.41) is 3.60. The average molecular weight is 430 g/mol. The molecule has 29 heavy (non-hydrogen) atoms. The van der Waals surface area contributed by atoms with E-state index in [2.05, 4.69) is 10.3 Å². The summed E-state index contributed by atoms with van der Waals surface area (Å²) >= 11 is 1.31. The molecule has 0 aliphatic heterocycles. The molecule has 0 atom stereocenters. The fourth-order valence-electron chi connectivity index (χ4n) is 3.01. The third-order valence-electron chi connectivity index (χ3n) is 4.42. The lowest BCUT2D eigenvalue weighted by Crippen LogP contribution is -2.30. The zero-order valence-electron chi connectivity index (χ0n) is 16.5. The number of rotatable bonds is 7. The minimum Gasteiger partial charge on any atom is -0.321 e. The zero-order chi connectivity index (χ0) is 21.0. The first kappa shape index (κ1) is 21.2. The number of sulfonamides is 1. The summed E-state index contributed by atoms with van der Waals surface area (Å²) in [7, 11) is -3.60. The first-order valence-electron chi connectivity index (χ1n) is 9.31. The van der Waals surface area contributed by atoms with E-state index in [0.29, 0.717) is 29.3 Å². The number of nitrogens with zero attached hydrogens (tertiary/aromatic N) is 2. The Kier molecular flexibility index (Phi) is 6.46. The van der Waals surface area contributed by atoms with Crippen molar-refractivity contribution in [2.45, 2.75) is 25.7 Å². The number of benzene rings is 2. The van der Waals surface area contributed by atoms with Gasteiger partial charge in [0.15, 0.2) is 0 Å². The van der Waals surface area contributed by atoms with Gasteiger partial charge in [-0.25, -0.2) is 13.4 Å². The van der Waals surface area contributed by atoms with Crippen LogP contribution in [-0.4, -0.2) is 36.7 Å². The Hall–Kier alpha value is -2.55. The summed E-state index contributed by atoms with van der Waals surface area (Å²) in [4.78, 5) is 18.1. The second-order valence-electron chi connectivity index (χ2n) is 6.35. The standard InChI is InChI=1S/C21H23N3O3S2/c1-4-24(5-2)29(26,27)18-13-9-12-17(14-18)23-21(25)20-19(22-15(3)28-20)16-10-7-6-8-11-16/h6-14H,4-5H2,1-3H3,(H,23,25). The third-order valence-corrected chi connectivity index (χ3v) is 7.44. The summed E-state index contributed by atoms with van der Waals surface area (Å²) in [5.74, 6) is -0.313. The van der Waals surface area contributed by atoms with Crippen LogP contribution in [0.2, 0.25) is 0 Å². The molecule has 0 unspecified atom stereocenters. The van der Waals surface area contributed by atoms with Crippen LogP contribution in [0.1, 0.15) is 28.5 Å². The Bertz CT molecular complexity index is 1110. The molecule has 2 aromatic carbocycles. The fourth-order valence-corrected chi connectivity index (χ4v) is 5.35. The molecular formula is C21H23N3O3S2. The van der Waals surface area contributed by atoms with E-state index >= 15 is 0 Å². The van der Waals surface area contributed by atoms with Gasteiger partial charge in [0.25, 0.3) is 5.91 Å². The van der Waals surface area contributed by atoms with Crippen molar-refractivity contribution in [2.24, 2.45) is 0 Å². The predicted octanol–water partition coefficient (Wildman–Crippen LogP) is 4.40. The molecule has 0 fully saturated rings. The van der Waals surface area contributed by atoms with Crippen LogP contribution in [-0.2, 0) is 10.0 Å². The fraction of sp³-hybridized carbons (Fsp3) is 0.238. The van der Waals surface area contributed by atoms with E-state index in [9.17, 15) is 13.2 Å². The van der Waals surface area contributed by atoms with Crippen LogP contribution in [0.5, 0.6) is 0 Å². The number of hydrogen-bond acceptors (Lipinski definition) is 5. The first-order chi connectivity index (χ1) is 13.9. The summed E-state index contributed by atoms with van der Waals surface area (Å²) in [6.07, 6.45) is 0. The third kappa shape index (κ3) is 4.55. The van der Waals surface area contributed by atoms with Gasteiger partial charge in [0.2, 0.25) is 10.0 Å². The molecule has 0 bridgehead atoms. The van der Waals surface area contributed by atoms with Gasteiger partial charge in [-0.1, -0.05) is 50.2 Å². The molecule has 1 amide bonds. The molecule has 3 rings (SSSR count). The Labute approximate surface area is 175 Å². The van der Waals surface area contributed by atoms with Crippen molar-refractivity contribution < 1.29 is 13.2 Å². The van der Waals surface area contributed by atoms with Crippen molar-refractivity contribution in [1.29, 1.82) is 0 Å². The van der Waals surface area contributed by atoms with Gasteiger partial charge < -0.3 is 5.32 Å². The van der Waals surface area contributed by atoms with Gasteiger partial charge in [-0.3, -0.25) is 4.79 Å². The van der Waals surface area contributed by atoms with Crippen molar-refractivity contribution in [3.05, 3.63) is 64.5 Å². The Morgan fingerprint density at radius 1 is 1.07 bits per heavy atom. The van der Waals surface area contributed by atoms with Gasteiger partial charge in [0, 0.05) is 24.3 Å². The van der Waals surface area contributed by atoms with Crippen molar-refractivity contribution in [3.63, 3.8) is 0 Å². The number of nitrogens with one attached hydrogen (secondary N) is 1. The Morgan fingerprint density at radius 2 is 1.76 bits per heavy atom. The van der Waals surface area contributed by atoms with E-state index in [4.69, 9.17) is 0 Å². The second kappa shape index (κ2) is 8.86. The maximum atomic E-state index is 12.9. The molecule has 6 nitrogen and oxygen atoms in total. The van der Waals surface area contributed by atoms with E-state index in [0.717, 1.165) is 10.6 Å². The number of aryl methyl sites for hydroxylation is 1. The number of amides is 1. The van der Waals surface area contributed by atoms with Gasteiger partial charge in [-0.2, -0.15) is 4.31 Å². The van der Waals surface area contributed by atoms with Crippen LogP contribution in [0.15, 0.2) is 59.5 Å². The highest BCUT2D eigenvalue weighted by Gasteiger charge is 2.23. The number of carbonyl (C=O) groups is 1. The van der Waals surface area contributed by atoms with Crippen LogP contribution in [0.3, 0.4) is 0 Å². The van der Waals surface area contributed by atoms with Crippen molar-refractivity contribution in [2.75, 3.05) is 18.4 Å². The van der Waals surface area contributed by atoms with E-state index in [-0.39, 0.29) is 10.8 Å². The highest BCUT2D eigenvalue weighted by atomic mass is 32.2. The van der Waals surface area contributed by atoms with Crippen LogP contribution < -0.4 is 5.32 Å². The highest BCUT2D eigenvalue weighted by molar-refractivity contribution is 7.89. The first-order valence-corrected chi connectivity index (χ1v) is 11.6. The Balaban J connectivity index is 1.90. The molecule has 0 saturated heterocycles. The molecule has 3 aromatic rings. The molecule has 0 aliphatic rings. The van der Waals surface area contributed by atoms with E-state index < -0.39 is 10.0 Å². The maximum absolute atomic E-state index is 12.9. The topological polar surface area (TPSA) is 79.4 Å². The van der Waals surface area contributed by atoms with Gasteiger partial charge in [-0.15, -0.1) is 11.3 Å². The molecule has 0 spiro atoms. The van der Waals surface area contributed by atoms with Crippen LogP contribution in [0.4, 0.5) is 5.69 Å². The quantitative estimate of drug-likeness (QED) is 0.604. The summed E-state index contributed by atoms with van der Waals surface area (Å²) in [6.45, 7) is 6.21. The van der Waals surface area contributed by atoms with E-state index in [1.54, 1.807) is 26.0 Å². The smallest absolute Gasteiger partial charge is 0.268 e. The molecular weight excluding hydrogens is 406 g/mol. The molecule has 1 aromatic heterocycles. The van der Waals surface area contributed by atoms with Gasteiger partial charge in [0.05, 0.1) is 15.6 Å². The zero-order valence-corrected chi connectivity index (χ0v) is 18.2. The minimum absolute atomic E-state index is 0.155. The number of anilines is 1. The summed E-state index contributed by atoms with van der Waals surface area (Å²) < 4.78 is 26.9. The molecule has 0 saturated carbocycles. The van der Waals surface area contributed by atoms with Crippen LogP contribution in [0.25, 0.3) is 11.3 Å². The number of aromatic nitrogens is 1. The van der Waals surface area contributed by atoms with Crippen molar-refractivity contribution in [1.82, 2.24) is 9.29 Å². The number of carbonyl (C=O) groups excluding carboxylic acids is 1. The SMILES string of the molecule is CCN(CC)S(=O)(=O)c1cccc(NC(=O)c2sc(C)nc2-c2ccccc2)c1. The van der Waals surface area contributed by atoms with Crippen molar-refractivity contribution >= 4 is 33.0 Å². The minimum atomic E-state index is -3.60. The lowest BCUT2D eigenvalue weighted by molar-refractivity contribution is 0.103. The summed E-state index contributed by atoms with van der Waals surface area (Å²) in [5.41, 5.74) is 1.91. The van der Waals surface area contributed by atoms with Gasteiger partial charge in [-0.05, 0) is 25.1 Å².